The minimum Gasteiger partial charge on any atom is -0.459 e. The fraction of sp³-hybridized carbons (Fsp3) is 0.714. The molecule has 0 aromatic carbocycles. The van der Waals surface area contributed by atoms with E-state index < -0.39 is 17.9 Å². The van der Waals surface area contributed by atoms with Crippen LogP contribution in [-0.2, 0) is 14.3 Å². The van der Waals surface area contributed by atoms with E-state index in [0.29, 0.717) is 12.2 Å². The average molecular weight is 410 g/mol. The quantitative estimate of drug-likeness (QED) is 0.507. The topological polar surface area (TPSA) is 84.9 Å². The molecule has 156 valence electrons. The second-order valence-electron chi connectivity index (χ2n) is 8.84. The van der Waals surface area contributed by atoms with Gasteiger partial charge in [-0.3, -0.25) is 4.79 Å². The van der Waals surface area contributed by atoms with Gasteiger partial charge >= 0.3 is 5.97 Å². The number of thioether (sulfide) groups is 1. The molecule has 2 bridgehead atoms. The summed E-state index contributed by atoms with van der Waals surface area (Å²) in [6.07, 6.45) is 9.32. The second kappa shape index (κ2) is 8.59. The third kappa shape index (κ3) is 5.61. The van der Waals surface area contributed by atoms with E-state index in [-0.39, 0.29) is 29.1 Å². The van der Waals surface area contributed by atoms with E-state index in [2.05, 4.69) is 31.3 Å². The number of carbonyl (C=O) groups is 2. The summed E-state index contributed by atoms with van der Waals surface area (Å²) in [6, 6.07) is -0.502. The van der Waals surface area contributed by atoms with Crippen LogP contribution in [0.15, 0.2) is 23.8 Å². The monoisotopic (exact) mass is 409 g/mol. The summed E-state index contributed by atoms with van der Waals surface area (Å²) in [5.74, 6) is -1.46. The summed E-state index contributed by atoms with van der Waals surface area (Å²) < 4.78 is 11.8. The summed E-state index contributed by atoms with van der Waals surface area (Å²) >= 11 is 1.14. The molecule has 0 aromatic heterocycles. The van der Waals surface area contributed by atoms with Crippen LogP contribution in [0.3, 0.4) is 0 Å². The summed E-state index contributed by atoms with van der Waals surface area (Å²) in [5.41, 5.74) is 0.993. The van der Waals surface area contributed by atoms with Crippen molar-refractivity contribution in [2.24, 2.45) is 5.41 Å². The SMILES string of the molecule is C/C1=C/C(=O)O[C@@H]2CC(CCC(C)(C)/C=C\CC1)O[C@@](O)([C@@H]1CSC(=O)N1)C2. The minimum atomic E-state index is -1.52. The first-order chi connectivity index (χ1) is 13.2. The Morgan fingerprint density at radius 2 is 2.07 bits per heavy atom. The van der Waals surface area contributed by atoms with Crippen molar-refractivity contribution in [3.8, 4) is 0 Å². The zero-order valence-corrected chi connectivity index (χ0v) is 17.7. The summed E-state index contributed by atoms with van der Waals surface area (Å²) in [6.45, 7) is 6.32. The summed E-state index contributed by atoms with van der Waals surface area (Å²) in [4.78, 5) is 24.0. The van der Waals surface area contributed by atoms with Crippen molar-refractivity contribution in [3.63, 3.8) is 0 Å². The number of esters is 1. The molecule has 1 unspecified atom stereocenters. The Morgan fingerprint density at radius 3 is 2.79 bits per heavy atom. The molecule has 2 fully saturated rings. The number of amides is 1. The molecule has 3 heterocycles. The van der Waals surface area contributed by atoms with E-state index in [9.17, 15) is 14.7 Å². The highest BCUT2D eigenvalue weighted by atomic mass is 32.2. The fourth-order valence-corrected chi connectivity index (χ4v) is 4.89. The van der Waals surface area contributed by atoms with E-state index in [4.69, 9.17) is 9.47 Å². The van der Waals surface area contributed by atoms with Gasteiger partial charge in [0.2, 0.25) is 0 Å². The lowest BCUT2D eigenvalue weighted by molar-refractivity contribution is -0.284. The molecule has 2 saturated heterocycles. The van der Waals surface area contributed by atoms with E-state index in [1.54, 1.807) is 6.08 Å². The molecule has 6 nitrogen and oxygen atoms in total. The van der Waals surface area contributed by atoms with E-state index >= 15 is 0 Å². The van der Waals surface area contributed by atoms with Gasteiger partial charge in [0.25, 0.3) is 5.24 Å². The number of aliphatic hydroxyl groups is 1. The van der Waals surface area contributed by atoms with E-state index in [0.717, 1.165) is 43.0 Å². The van der Waals surface area contributed by atoms with E-state index in [1.807, 2.05) is 6.92 Å². The molecular weight excluding hydrogens is 378 g/mol. The number of fused-ring (bicyclic) bond motifs is 2. The van der Waals surface area contributed by atoms with Gasteiger partial charge in [-0.15, -0.1) is 0 Å². The smallest absolute Gasteiger partial charge is 0.330 e. The predicted octanol–water partition coefficient (Wildman–Crippen LogP) is 3.69. The number of allylic oxidation sites excluding steroid dienone is 3. The highest BCUT2D eigenvalue weighted by Gasteiger charge is 2.49. The number of carbonyl (C=O) groups excluding carboxylic acids is 2. The van der Waals surface area contributed by atoms with Crippen molar-refractivity contribution in [2.45, 2.75) is 83.3 Å². The van der Waals surface area contributed by atoms with Gasteiger partial charge < -0.3 is 19.9 Å². The lowest BCUT2D eigenvalue weighted by atomic mass is 9.83. The maximum absolute atomic E-state index is 12.3. The molecule has 0 aromatic rings. The van der Waals surface area contributed by atoms with Gasteiger partial charge in [0.15, 0.2) is 5.79 Å². The first-order valence-electron chi connectivity index (χ1n) is 10.0. The lowest BCUT2D eigenvalue weighted by Crippen LogP contribution is -2.58. The Balaban J connectivity index is 1.82. The predicted molar refractivity (Wildman–Crippen MR) is 109 cm³/mol. The van der Waals surface area contributed by atoms with Crippen LogP contribution in [0.25, 0.3) is 0 Å². The maximum atomic E-state index is 12.3. The molecule has 3 aliphatic heterocycles. The Kier molecular flexibility index (Phi) is 6.57. The third-order valence-corrected chi connectivity index (χ3v) is 6.55. The molecule has 0 radical (unpaired) electrons. The van der Waals surface area contributed by atoms with Crippen LogP contribution in [-0.4, -0.2) is 46.1 Å². The summed E-state index contributed by atoms with van der Waals surface area (Å²) in [5, 5.41) is 13.8. The van der Waals surface area contributed by atoms with Gasteiger partial charge in [-0.1, -0.05) is 43.3 Å². The first kappa shape index (κ1) is 21.4. The Hall–Kier alpha value is -1.31. The molecule has 3 aliphatic rings. The average Bonchev–Trinajstić information content (AvgIpc) is 3.03. The second-order valence-corrected chi connectivity index (χ2v) is 9.83. The lowest BCUT2D eigenvalue weighted by Gasteiger charge is -2.44. The number of hydrogen-bond acceptors (Lipinski definition) is 6. The standard InChI is InChI=1S/C21H31NO5S/c1-14-6-4-5-8-20(2,3)9-7-15-11-16(26-18(23)10-14)12-21(25,27-15)17-13-28-19(24)22-17/h5,8,10,15-17,25H,4,6-7,9,11-13H2,1-3H3,(H,22,24)/b8-5-,14-10-/t15?,16-,17+,21-/m1/s1. The van der Waals surface area contributed by atoms with Gasteiger partial charge in [-0.05, 0) is 38.0 Å². The van der Waals surface area contributed by atoms with Crippen LogP contribution in [0.1, 0.15) is 59.3 Å². The molecule has 0 spiro atoms. The molecule has 7 heteroatoms. The van der Waals surface area contributed by atoms with Crippen molar-refractivity contribution >= 4 is 23.0 Å². The molecular formula is C21H31NO5S. The Bertz CT molecular complexity index is 674. The highest BCUT2D eigenvalue weighted by molar-refractivity contribution is 8.14. The van der Waals surface area contributed by atoms with Crippen molar-refractivity contribution in [1.82, 2.24) is 5.32 Å². The number of ether oxygens (including phenoxy) is 2. The number of hydrogen-bond donors (Lipinski definition) is 2. The van der Waals surface area contributed by atoms with E-state index in [1.165, 1.54) is 0 Å². The first-order valence-corrected chi connectivity index (χ1v) is 11.0. The molecule has 0 aliphatic carbocycles. The van der Waals surface area contributed by atoms with Gasteiger partial charge in [0, 0.05) is 24.7 Å². The molecule has 1 amide bonds. The number of nitrogens with one attached hydrogen (secondary N) is 1. The molecule has 4 atom stereocenters. The highest BCUT2D eigenvalue weighted by Crippen LogP contribution is 2.38. The van der Waals surface area contributed by atoms with Crippen LogP contribution >= 0.6 is 11.8 Å². The summed E-state index contributed by atoms with van der Waals surface area (Å²) in [7, 11) is 0. The Labute approximate surface area is 171 Å². The van der Waals surface area contributed by atoms with Crippen molar-refractivity contribution in [3.05, 3.63) is 23.8 Å². The van der Waals surface area contributed by atoms with Crippen molar-refractivity contribution in [2.75, 3.05) is 5.75 Å². The minimum absolute atomic E-state index is 0.0181. The zero-order valence-electron chi connectivity index (χ0n) is 16.9. The largest absolute Gasteiger partial charge is 0.459 e. The zero-order chi connectivity index (χ0) is 20.4. The van der Waals surface area contributed by atoms with Crippen LogP contribution < -0.4 is 5.32 Å². The van der Waals surface area contributed by atoms with Crippen LogP contribution in [0, 0.1) is 5.41 Å². The number of rotatable bonds is 1. The molecule has 0 saturated carbocycles. The molecule has 28 heavy (non-hydrogen) atoms. The van der Waals surface area contributed by atoms with Gasteiger partial charge in [-0.25, -0.2) is 4.79 Å². The van der Waals surface area contributed by atoms with Gasteiger partial charge in [-0.2, -0.15) is 0 Å². The maximum Gasteiger partial charge on any atom is 0.330 e. The third-order valence-electron chi connectivity index (χ3n) is 5.67. The van der Waals surface area contributed by atoms with Crippen LogP contribution in [0.4, 0.5) is 4.79 Å². The molecule has 3 rings (SSSR count). The van der Waals surface area contributed by atoms with Gasteiger partial charge in [0.05, 0.1) is 12.1 Å². The van der Waals surface area contributed by atoms with Crippen LogP contribution in [0.2, 0.25) is 0 Å². The van der Waals surface area contributed by atoms with Gasteiger partial charge in [0.1, 0.15) is 6.10 Å². The Morgan fingerprint density at radius 1 is 1.29 bits per heavy atom. The molecule has 2 N–H and O–H groups in total. The van der Waals surface area contributed by atoms with Crippen molar-refractivity contribution < 1.29 is 24.2 Å². The normalized spacial score (nSPS) is 39.9. The van der Waals surface area contributed by atoms with Crippen molar-refractivity contribution in [1.29, 1.82) is 0 Å². The van der Waals surface area contributed by atoms with Crippen LogP contribution in [0.5, 0.6) is 0 Å². The fourth-order valence-electron chi connectivity index (χ4n) is 4.01.